The van der Waals surface area contributed by atoms with Crippen molar-refractivity contribution in [2.75, 3.05) is 13.1 Å². The van der Waals surface area contributed by atoms with Gasteiger partial charge in [-0.05, 0) is 12.8 Å². The molecule has 6 N–H and O–H groups in total. The van der Waals surface area contributed by atoms with E-state index in [2.05, 4.69) is 15.8 Å². The van der Waals surface area contributed by atoms with Crippen LogP contribution in [-0.4, -0.2) is 35.8 Å². The van der Waals surface area contributed by atoms with E-state index in [0.29, 0.717) is 32.0 Å². The number of nitrogens with two attached hydrogens (primary N) is 2. The predicted octanol–water partition coefficient (Wildman–Crippen LogP) is -0.619. The van der Waals surface area contributed by atoms with Crippen LogP contribution >= 0.6 is 0 Å². The van der Waals surface area contributed by atoms with Crippen molar-refractivity contribution in [3.8, 4) is 0 Å². The lowest BCUT2D eigenvalue weighted by atomic mass is 9.94. The van der Waals surface area contributed by atoms with Gasteiger partial charge in [-0.15, -0.1) is 0 Å². The molecule has 0 aromatic carbocycles. The van der Waals surface area contributed by atoms with E-state index in [1.54, 1.807) is 0 Å². The Morgan fingerprint density at radius 3 is 1.84 bits per heavy atom. The molecule has 0 heterocycles. The van der Waals surface area contributed by atoms with E-state index in [1.807, 2.05) is 0 Å². The van der Waals surface area contributed by atoms with Crippen LogP contribution in [0, 0.1) is 0 Å². The van der Waals surface area contributed by atoms with Gasteiger partial charge in [0.1, 0.15) is 0 Å². The van der Waals surface area contributed by atoms with Crippen LogP contribution in [0.1, 0.15) is 44.9 Å². The van der Waals surface area contributed by atoms with Crippen molar-refractivity contribution in [2.24, 2.45) is 11.7 Å². The van der Waals surface area contributed by atoms with Gasteiger partial charge in [0.05, 0.1) is 0 Å². The maximum Gasteiger partial charge on any atom is 0.235 e. The first-order chi connectivity index (χ1) is 9.17. The molecule has 0 aliphatic heterocycles. The molecule has 0 aromatic rings. The number of hydrogen-bond donors (Lipinski definition) is 4. The summed E-state index contributed by atoms with van der Waals surface area (Å²) in [5.74, 6) is 9.81. The molecule has 1 rings (SSSR count). The van der Waals surface area contributed by atoms with E-state index in [-0.39, 0.29) is 11.8 Å². The van der Waals surface area contributed by atoms with Crippen LogP contribution in [0.5, 0.6) is 0 Å². The van der Waals surface area contributed by atoms with Crippen molar-refractivity contribution in [3.63, 3.8) is 0 Å². The first kappa shape index (κ1) is 15.9. The minimum atomic E-state index is -0.177. The molecule has 19 heavy (non-hydrogen) atoms. The molecule has 1 aliphatic carbocycles. The van der Waals surface area contributed by atoms with Gasteiger partial charge in [-0.2, -0.15) is 0 Å². The van der Waals surface area contributed by atoms with Crippen LogP contribution in [0.2, 0.25) is 0 Å². The second kappa shape index (κ2) is 8.84. The smallest absolute Gasteiger partial charge is 0.235 e. The molecule has 0 radical (unpaired) electrons. The summed E-state index contributed by atoms with van der Waals surface area (Å²) in [5.41, 5.74) is 4.27. The Hall–Kier alpha value is -1.18. The standard InChI is InChI=1S/C12H25N5O2/c13-15-11(18)6-8-17(9-7-12(19)16-14)10-4-2-1-3-5-10/h10H,1-9,13-14H2,(H,15,18)(H,16,19). The second-order valence-corrected chi connectivity index (χ2v) is 4.96. The van der Waals surface area contributed by atoms with Gasteiger partial charge < -0.3 is 0 Å². The molecule has 1 fully saturated rings. The maximum atomic E-state index is 11.2. The van der Waals surface area contributed by atoms with Crippen molar-refractivity contribution in [1.29, 1.82) is 0 Å². The van der Waals surface area contributed by atoms with Crippen molar-refractivity contribution in [2.45, 2.75) is 51.0 Å². The first-order valence-electron chi connectivity index (χ1n) is 6.90. The molecule has 110 valence electrons. The van der Waals surface area contributed by atoms with Crippen molar-refractivity contribution in [3.05, 3.63) is 0 Å². The maximum absolute atomic E-state index is 11.2. The molecule has 0 bridgehead atoms. The summed E-state index contributed by atoms with van der Waals surface area (Å²) in [7, 11) is 0. The molecule has 0 saturated heterocycles. The molecule has 1 saturated carbocycles. The molecule has 0 aromatic heterocycles. The fourth-order valence-electron chi connectivity index (χ4n) is 2.56. The van der Waals surface area contributed by atoms with E-state index in [1.165, 1.54) is 19.3 Å². The Morgan fingerprint density at radius 1 is 0.947 bits per heavy atom. The van der Waals surface area contributed by atoms with Crippen LogP contribution in [-0.2, 0) is 9.59 Å². The van der Waals surface area contributed by atoms with Gasteiger partial charge >= 0.3 is 0 Å². The summed E-state index contributed by atoms with van der Waals surface area (Å²) in [6.45, 7) is 1.26. The van der Waals surface area contributed by atoms with Crippen LogP contribution in [0.25, 0.3) is 0 Å². The SMILES string of the molecule is NNC(=O)CCN(CCC(=O)NN)C1CCCCC1. The van der Waals surface area contributed by atoms with E-state index >= 15 is 0 Å². The quantitative estimate of drug-likeness (QED) is 0.280. The predicted molar refractivity (Wildman–Crippen MR) is 72.3 cm³/mol. The summed E-state index contributed by atoms with van der Waals surface area (Å²) in [6.07, 6.45) is 6.69. The fraction of sp³-hybridized carbons (Fsp3) is 0.833. The highest BCUT2D eigenvalue weighted by atomic mass is 16.2. The number of carbonyl (C=O) groups excluding carboxylic acids is 2. The third kappa shape index (κ3) is 6.00. The molecule has 0 spiro atoms. The summed E-state index contributed by atoms with van der Waals surface area (Å²) >= 11 is 0. The largest absolute Gasteiger partial charge is 0.299 e. The number of rotatable bonds is 7. The Balaban J connectivity index is 2.45. The van der Waals surface area contributed by atoms with Crippen molar-refractivity contribution >= 4 is 11.8 Å². The van der Waals surface area contributed by atoms with Gasteiger partial charge in [0.25, 0.3) is 0 Å². The summed E-state index contributed by atoms with van der Waals surface area (Å²) < 4.78 is 0. The zero-order valence-corrected chi connectivity index (χ0v) is 11.4. The molecule has 7 heteroatoms. The van der Waals surface area contributed by atoms with Crippen molar-refractivity contribution < 1.29 is 9.59 Å². The highest BCUT2D eigenvalue weighted by Gasteiger charge is 2.21. The second-order valence-electron chi connectivity index (χ2n) is 4.96. The highest BCUT2D eigenvalue weighted by Crippen LogP contribution is 2.22. The van der Waals surface area contributed by atoms with Crippen LogP contribution < -0.4 is 22.5 Å². The minimum absolute atomic E-state index is 0.177. The zero-order chi connectivity index (χ0) is 14.1. The Kier molecular flexibility index (Phi) is 7.39. The van der Waals surface area contributed by atoms with Gasteiger partial charge in [-0.3, -0.25) is 25.3 Å². The molecular formula is C12H25N5O2. The topological polar surface area (TPSA) is 113 Å². The average molecular weight is 271 g/mol. The zero-order valence-electron chi connectivity index (χ0n) is 11.4. The summed E-state index contributed by atoms with van der Waals surface area (Å²) in [5, 5.41) is 0. The number of carbonyl (C=O) groups is 2. The van der Waals surface area contributed by atoms with E-state index < -0.39 is 0 Å². The summed E-state index contributed by atoms with van der Waals surface area (Å²) in [6, 6.07) is 0.463. The van der Waals surface area contributed by atoms with Gasteiger partial charge in [0, 0.05) is 32.0 Å². The monoisotopic (exact) mass is 271 g/mol. The average Bonchev–Trinajstić information content (AvgIpc) is 2.47. The lowest BCUT2D eigenvalue weighted by molar-refractivity contribution is -0.121. The van der Waals surface area contributed by atoms with Crippen LogP contribution in [0.15, 0.2) is 0 Å². The van der Waals surface area contributed by atoms with Gasteiger partial charge in [-0.1, -0.05) is 19.3 Å². The summed E-state index contributed by atoms with van der Waals surface area (Å²) in [4.78, 5) is 24.7. The van der Waals surface area contributed by atoms with Gasteiger partial charge in [0.15, 0.2) is 0 Å². The third-order valence-electron chi connectivity index (χ3n) is 3.67. The number of nitrogens with zero attached hydrogens (tertiary/aromatic N) is 1. The van der Waals surface area contributed by atoms with Crippen molar-refractivity contribution in [1.82, 2.24) is 15.8 Å². The van der Waals surface area contributed by atoms with E-state index in [9.17, 15) is 9.59 Å². The normalized spacial score (nSPS) is 16.4. The minimum Gasteiger partial charge on any atom is -0.299 e. The lowest BCUT2D eigenvalue weighted by Crippen LogP contribution is -2.42. The van der Waals surface area contributed by atoms with Crippen LogP contribution in [0.4, 0.5) is 0 Å². The molecular weight excluding hydrogens is 246 g/mol. The van der Waals surface area contributed by atoms with Crippen LogP contribution in [0.3, 0.4) is 0 Å². The third-order valence-corrected chi connectivity index (χ3v) is 3.67. The molecule has 0 atom stereocenters. The van der Waals surface area contributed by atoms with E-state index in [0.717, 1.165) is 12.8 Å². The lowest BCUT2D eigenvalue weighted by Gasteiger charge is -2.34. The number of nitrogens with one attached hydrogen (secondary N) is 2. The first-order valence-corrected chi connectivity index (χ1v) is 6.90. The van der Waals surface area contributed by atoms with Gasteiger partial charge in [-0.25, -0.2) is 11.7 Å². The molecule has 1 aliphatic rings. The highest BCUT2D eigenvalue weighted by molar-refractivity contribution is 5.76. The number of amides is 2. The fourth-order valence-corrected chi connectivity index (χ4v) is 2.56. The Bertz CT molecular complexity index is 272. The van der Waals surface area contributed by atoms with E-state index in [4.69, 9.17) is 11.7 Å². The van der Waals surface area contributed by atoms with Gasteiger partial charge in [0.2, 0.25) is 11.8 Å². The Morgan fingerprint density at radius 2 is 1.42 bits per heavy atom. The Labute approximate surface area is 114 Å². The number of hydrogen-bond acceptors (Lipinski definition) is 5. The molecule has 2 amide bonds. The molecule has 7 nitrogen and oxygen atoms in total. The molecule has 0 unspecified atom stereocenters. The number of hydrazine groups is 2.